The van der Waals surface area contributed by atoms with Crippen LogP contribution in [0.4, 0.5) is 0 Å². The number of phosphoric acid groups is 1. The van der Waals surface area contributed by atoms with Gasteiger partial charge in [0.15, 0.2) is 0 Å². The molecule has 2 rings (SSSR count). The van der Waals surface area contributed by atoms with Gasteiger partial charge in [-0.1, -0.05) is 82.0 Å². The Morgan fingerprint density at radius 2 is 1.22 bits per heavy atom. The second kappa shape index (κ2) is 24.5. The van der Waals surface area contributed by atoms with Crippen LogP contribution in [-0.4, -0.2) is 70.6 Å². The van der Waals surface area contributed by atoms with Crippen molar-refractivity contribution in [2.45, 2.75) is 182 Å². The number of nitrogens with zero attached hydrogens (tertiary/aromatic N) is 1. The number of unbranched alkanes of at least 4 members (excludes halogenated alkanes) is 4. The fourth-order valence-electron chi connectivity index (χ4n) is 6.19. The van der Waals surface area contributed by atoms with Crippen molar-refractivity contribution >= 4 is 31.5 Å². The Bertz CT molecular complexity index is 1600. The van der Waals surface area contributed by atoms with Gasteiger partial charge in [-0.2, -0.15) is 0 Å². The number of rotatable bonds is 25. The second-order valence-electron chi connectivity index (χ2n) is 18.2. The Hall–Kier alpha value is -3.73. The number of benzene rings is 2. The summed E-state index contributed by atoms with van der Waals surface area (Å²) in [5, 5.41) is 5.87. The molecule has 0 aliphatic carbocycles. The quantitative estimate of drug-likeness (QED) is 0.0566. The molecule has 0 unspecified atom stereocenters. The van der Waals surface area contributed by atoms with Crippen LogP contribution in [0.2, 0.25) is 0 Å². The number of esters is 1. The number of hydrogen-bond donors (Lipinski definition) is 2. The average molecular weight is 844 g/mol. The summed E-state index contributed by atoms with van der Waals surface area (Å²) in [6.45, 7) is 21.2. The predicted octanol–water partition coefficient (Wildman–Crippen LogP) is 9.67. The first-order valence-electron chi connectivity index (χ1n) is 21.5. The molecule has 2 N–H and O–H groups in total. The minimum atomic E-state index is -4.06. The van der Waals surface area contributed by atoms with Crippen molar-refractivity contribution in [1.82, 2.24) is 15.5 Å². The summed E-state index contributed by atoms with van der Waals surface area (Å²) in [6, 6.07) is 14.4. The van der Waals surface area contributed by atoms with Gasteiger partial charge in [-0.05, 0) is 118 Å². The van der Waals surface area contributed by atoms with Gasteiger partial charge in [0.25, 0.3) is 0 Å². The second-order valence-corrected chi connectivity index (χ2v) is 19.6. The summed E-state index contributed by atoms with van der Waals surface area (Å²) in [4.78, 5) is 56.7. The lowest BCUT2D eigenvalue weighted by molar-refractivity contribution is -0.155. The molecule has 0 saturated heterocycles. The number of amides is 3. The standard InChI is InChI=1S/C46H74N3O9P/c1-12-14-19-32-49(33-20-15-13-2)43(53)38(30-31-41(51)55-44(3,4)5)48-42(52)39(47-40(50)25-21-24-35-22-17-16-18-23-35)34-36-26-28-37(29-27-36)56-59(54,57-45(6,7)8)58-46(9,10)11/h16-18,22-23,26-29,38-39H,12-15,19-21,24-25,30-34H2,1-11H3,(H,47,50)(H,48,52)/t38-,39-/m0/s1. The average Bonchev–Trinajstić information content (AvgIpc) is 3.11. The van der Waals surface area contributed by atoms with Crippen molar-refractivity contribution in [3.63, 3.8) is 0 Å². The largest absolute Gasteiger partial charge is 0.531 e. The molecule has 0 aromatic heterocycles. The lowest BCUT2D eigenvalue weighted by atomic mass is 10.0. The van der Waals surface area contributed by atoms with Crippen LogP contribution in [0, 0.1) is 0 Å². The minimum Gasteiger partial charge on any atom is -0.460 e. The molecule has 0 aliphatic heterocycles. The predicted molar refractivity (Wildman–Crippen MR) is 234 cm³/mol. The summed E-state index contributed by atoms with van der Waals surface area (Å²) >= 11 is 0. The number of hydrogen-bond acceptors (Lipinski definition) is 9. The summed E-state index contributed by atoms with van der Waals surface area (Å²) in [7, 11) is -4.06. The molecule has 0 fully saturated rings. The maximum Gasteiger partial charge on any atom is 0.531 e. The zero-order chi connectivity index (χ0) is 44.3. The number of carbonyl (C=O) groups excluding carboxylic acids is 4. The molecule has 0 heterocycles. The number of ether oxygens (including phenoxy) is 1. The Morgan fingerprint density at radius 1 is 0.661 bits per heavy atom. The fraction of sp³-hybridized carbons (Fsp3) is 0.652. The van der Waals surface area contributed by atoms with E-state index in [0.717, 1.165) is 44.1 Å². The Morgan fingerprint density at radius 3 is 1.73 bits per heavy atom. The normalized spacial score (nSPS) is 13.3. The van der Waals surface area contributed by atoms with E-state index in [1.165, 1.54) is 0 Å². The van der Waals surface area contributed by atoms with Crippen LogP contribution in [0.5, 0.6) is 5.75 Å². The van der Waals surface area contributed by atoms with E-state index in [1.807, 2.05) is 30.3 Å². The molecule has 0 spiro atoms. The van der Waals surface area contributed by atoms with Gasteiger partial charge >= 0.3 is 13.8 Å². The Kier molecular flexibility index (Phi) is 21.4. The van der Waals surface area contributed by atoms with E-state index in [2.05, 4.69) is 24.5 Å². The van der Waals surface area contributed by atoms with Crippen LogP contribution in [0.25, 0.3) is 0 Å². The van der Waals surface area contributed by atoms with Crippen LogP contribution in [0.15, 0.2) is 54.6 Å². The first kappa shape index (κ1) is 51.4. The first-order valence-corrected chi connectivity index (χ1v) is 22.9. The van der Waals surface area contributed by atoms with Crippen molar-refractivity contribution in [2.75, 3.05) is 13.1 Å². The molecule has 3 amide bonds. The number of phosphoric ester groups is 1. The van der Waals surface area contributed by atoms with Crippen LogP contribution >= 0.6 is 7.82 Å². The van der Waals surface area contributed by atoms with E-state index in [9.17, 15) is 23.7 Å². The fourth-order valence-corrected chi connectivity index (χ4v) is 8.03. The maximum atomic E-state index is 14.3. The molecule has 332 valence electrons. The maximum absolute atomic E-state index is 14.3. The van der Waals surface area contributed by atoms with Gasteiger partial charge in [0.05, 0.1) is 11.2 Å². The zero-order valence-electron chi connectivity index (χ0n) is 37.8. The molecule has 13 heteroatoms. The smallest absolute Gasteiger partial charge is 0.460 e. The molecular weight excluding hydrogens is 769 g/mol. The Balaban J connectivity index is 2.42. The lowest BCUT2D eigenvalue weighted by Crippen LogP contribution is -2.55. The minimum absolute atomic E-state index is 0.0364. The van der Waals surface area contributed by atoms with Gasteiger partial charge in [-0.15, -0.1) is 0 Å². The van der Waals surface area contributed by atoms with Gasteiger partial charge in [0, 0.05) is 32.4 Å². The van der Waals surface area contributed by atoms with Crippen LogP contribution < -0.4 is 15.2 Å². The number of aryl methyl sites for hydroxylation is 1. The molecule has 2 aromatic rings. The van der Waals surface area contributed by atoms with Crippen molar-refractivity contribution in [1.29, 1.82) is 0 Å². The van der Waals surface area contributed by atoms with Crippen molar-refractivity contribution in [3.05, 3.63) is 65.7 Å². The summed E-state index contributed by atoms with van der Waals surface area (Å²) in [5.74, 6) is -1.35. The molecule has 59 heavy (non-hydrogen) atoms. The number of nitrogens with one attached hydrogen (secondary N) is 2. The third-order valence-electron chi connectivity index (χ3n) is 8.76. The molecule has 0 radical (unpaired) electrons. The molecular formula is C46H74N3O9P. The SMILES string of the molecule is CCCCCN(CCCCC)C(=O)[C@H](CCC(=O)OC(C)(C)C)NC(=O)[C@H](Cc1ccc(OP(=O)(OC(C)(C)C)OC(C)(C)C)cc1)NC(=O)CCCc1ccccc1. The van der Waals surface area contributed by atoms with Crippen molar-refractivity contribution < 1.29 is 42.1 Å². The van der Waals surface area contributed by atoms with Crippen LogP contribution in [0.3, 0.4) is 0 Å². The van der Waals surface area contributed by atoms with E-state index in [-0.39, 0.29) is 43.2 Å². The van der Waals surface area contributed by atoms with E-state index in [4.69, 9.17) is 18.3 Å². The van der Waals surface area contributed by atoms with E-state index < -0.39 is 48.6 Å². The summed E-state index contributed by atoms with van der Waals surface area (Å²) < 4.78 is 36.7. The third-order valence-corrected chi connectivity index (χ3v) is 10.7. The van der Waals surface area contributed by atoms with E-state index in [0.29, 0.717) is 31.5 Å². The molecule has 2 atom stereocenters. The molecule has 12 nitrogen and oxygen atoms in total. The third kappa shape index (κ3) is 22.4. The van der Waals surface area contributed by atoms with Gasteiger partial charge in [0.1, 0.15) is 23.4 Å². The Labute approximate surface area is 354 Å². The molecule has 0 saturated carbocycles. The summed E-state index contributed by atoms with van der Waals surface area (Å²) in [5.41, 5.74) is -0.582. The highest BCUT2D eigenvalue weighted by molar-refractivity contribution is 7.49. The first-order chi connectivity index (χ1) is 27.5. The van der Waals surface area contributed by atoms with Gasteiger partial charge < -0.3 is 24.8 Å². The van der Waals surface area contributed by atoms with Crippen molar-refractivity contribution in [3.8, 4) is 5.75 Å². The highest BCUT2D eigenvalue weighted by Crippen LogP contribution is 2.55. The van der Waals surface area contributed by atoms with Crippen LogP contribution in [-0.2, 0) is 50.4 Å². The lowest BCUT2D eigenvalue weighted by Gasteiger charge is -2.30. The van der Waals surface area contributed by atoms with Gasteiger partial charge in [0.2, 0.25) is 17.7 Å². The van der Waals surface area contributed by atoms with Crippen LogP contribution in [0.1, 0.15) is 151 Å². The summed E-state index contributed by atoms with van der Waals surface area (Å²) in [6.07, 6.45) is 7.03. The van der Waals surface area contributed by atoms with Crippen molar-refractivity contribution in [2.24, 2.45) is 0 Å². The highest BCUT2D eigenvalue weighted by atomic mass is 31.2. The van der Waals surface area contributed by atoms with Gasteiger partial charge in [-0.25, -0.2) is 4.57 Å². The number of carbonyl (C=O) groups is 4. The highest BCUT2D eigenvalue weighted by Gasteiger charge is 2.39. The van der Waals surface area contributed by atoms with Gasteiger partial charge in [-0.3, -0.25) is 28.2 Å². The van der Waals surface area contributed by atoms with E-state index >= 15 is 0 Å². The monoisotopic (exact) mass is 844 g/mol. The zero-order valence-corrected chi connectivity index (χ0v) is 38.7. The topological polar surface area (TPSA) is 150 Å². The van der Waals surface area contributed by atoms with E-state index in [1.54, 1.807) is 91.5 Å². The molecule has 0 aliphatic rings. The molecule has 2 aromatic carbocycles. The molecule has 0 bridgehead atoms.